The molecule has 0 fully saturated rings. The van der Waals surface area contributed by atoms with Crippen LogP contribution in [0.2, 0.25) is 0 Å². The first-order valence-corrected chi connectivity index (χ1v) is 7.63. The number of hydrogen-bond donors (Lipinski definition) is 2. The zero-order valence-electron chi connectivity index (χ0n) is 13.7. The Morgan fingerprint density at radius 3 is 2.57 bits per heavy atom. The number of carbonyl (C=O) groups excluding carboxylic acids is 1. The molecule has 128 valence electrons. The second-order valence-corrected chi connectivity index (χ2v) is 5.66. The fourth-order valence-corrected chi connectivity index (χ4v) is 2.71. The van der Waals surface area contributed by atoms with Crippen molar-refractivity contribution in [3.8, 4) is 0 Å². The Labute approximate surface area is 142 Å². The Morgan fingerprint density at radius 2 is 2.00 bits per heavy atom. The van der Waals surface area contributed by atoms with Gasteiger partial charge in [0, 0.05) is 17.5 Å². The van der Waals surface area contributed by atoms with Gasteiger partial charge in [0.05, 0.1) is 12.0 Å². The van der Waals surface area contributed by atoms with E-state index in [-0.39, 0.29) is 30.7 Å². The third-order valence-corrected chi connectivity index (χ3v) is 4.63. The average molecular weight is 343 g/mol. The second kappa shape index (κ2) is 7.79. The van der Waals surface area contributed by atoms with Gasteiger partial charge in [0.2, 0.25) is 5.91 Å². The van der Waals surface area contributed by atoms with E-state index in [1.165, 1.54) is 12.1 Å². The van der Waals surface area contributed by atoms with Crippen LogP contribution in [0, 0.1) is 18.2 Å². The average Bonchev–Trinajstić information content (AvgIpc) is 2.84. The first-order chi connectivity index (χ1) is 10.5. The molecule has 0 atom stereocenters. The summed E-state index contributed by atoms with van der Waals surface area (Å²) in [5, 5.41) is 3.64. The van der Waals surface area contributed by atoms with E-state index < -0.39 is 5.41 Å². The Bertz CT molecular complexity index is 672. The van der Waals surface area contributed by atoms with Gasteiger partial charge in [0.25, 0.3) is 0 Å². The van der Waals surface area contributed by atoms with Gasteiger partial charge in [-0.1, -0.05) is 13.8 Å². The summed E-state index contributed by atoms with van der Waals surface area (Å²) in [6.07, 6.45) is 1.38. The van der Waals surface area contributed by atoms with Crippen molar-refractivity contribution in [3.05, 3.63) is 35.3 Å². The minimum Gasteiger partial charge on any atom is -0.459 e. The predicted molar refractivity (Wildman–Crippen MR) is 92.1 cm³/mol. The highest BCUT2D eigenvalue weighted by Gasteiger charge is 2.33. The number of nitrogens with one attached hydrogen (secondary N) is 1. The van der Waals surface area contributed by atoms with Gasteiger partial charge < -0.3 is 15.5 Å². The molecule has 23 heavy (non-hydrogen) atoms. The van der Waals surface area contributed by atoms with E-state index in [0.29, 0.717) is 30.7 Å². The summed E-state index contributed by atoms with van der Waals surface area (Å²) >= 11 is 0. The van der Waals surface area contributed by atoms with Crippen molar-refractivity contribution < 1.29 is 13.6 Å². The molecular weight excluding hydrogens is 319 g/mol. The van der Waals surface area contributed by atoms with Crippen LogP contribution in [0.15, 0.2) is 22.6 Å². The van der Waals surface area contributed by atoms with E-state index in [4.69, 9.17) is 10.2 Å². The highest BCUT2D eigenvalue weighted by atomic mass is 35.5. The van der Waals surface area contributed by atoms with E-state index in [1.54, 1.807) is 6.07 Å². The van der Waals surface area contributed by atoms with Gasteiger partial charge in [-0.15, -0.1) is 12.4 Å². The van der Waals surface area contributed by atoms with Crippen LogP contribution < -0.4 is 11.1 Å². The summed E-state index contributed by atoms with van der Waals surface area (Å²) in [7, 11) is 0. The number of carbonyl (C=O) groups is 1. The summed E-state index contributed by atoms with van der Waals surface area (Å²) in [6.45, 7) is 6.39. The standard InChI is InChI=1S/C17H23FN2O2.ClH/c1-4-17(5-2,10-19)16(21)20-9-15-11(3)13-8-12(18)6-7-14(13)22-15;/h6-8H,4-5,9-10,19H2,1-3H3,(H,20,21);1H. The van der Waals surface area contributed by atoms with Crippen molar-refractivity contribution >= 4 is 29.3 Å². The molecule has 0 aliphatic heterocycles. The summed E-state index contributed by atoms with van der Waals surface area (Å²) in [5.74, 6) is 0.282. The lowest BCUT2D eigenvalue weighted by atomic mass is 9.81. The maximum atomic E-state index is 13.3. The maximum Gasteiger partial charge on any atom is 0.227 e. The minimum absolute atomic E-state index is 0. The van der Waals surface area contributed by atoms with Crippen LogP contribution in [0.4, 0.5) is 4.39 Å². The fourth-order valence-electron chi connectivity index (χ4n) is 2.71. The van der Waals surface area contributed by atoms with Crippen LogP contribution >= 0.6 is 12.4 Å². The third-order valence-electron chi connectivity index (χ3n) is 4.63. The summed E-state index contributed by atoms with van der Waals surface area (Å²) in [4.78, 5) is 12.4. The molecule has 1 heterocycles. The highest BCUT2D eigenvalue weighted by molar-refractivity contribution is 5.85. The first kappa shape index (κ1) is 19.5. The molecule has 0 aliphatic carbocycles. The molecule has 0 radical (unpaired) electrons. The minimum atomic E-state index is -0.536. The zero-order chi connectivity index (χ0) is 16.3. The number of rotatable bonds is 6. The van der Waals surface area contributed by atoms with Crippen LogP contribution in [0.25, 0.3) is 11.0 Å². The Kier molecular flexibility index (Phi) is 6.59. The van der Waals surface area contributed by atoms with E-state index >= 15 is 0 Å². The number of nitrogens with two attached hydrogens (primary N) is 1. The van der Waals surface area contributed by atoms with Gasteiger partial charge in [-0.3, -0.25) is 4.79 Å². The van der Waals surface area contributed by atoms with Crippen molar-refractivity contribution in [3.63, 3.8) is 0 Å². The zero-order valence-corrected chi connectivity index (χ0v) is 14.6. The topological polar surface area (TPSA) is 68.3 Å². The molecule has 2 aromatic rings. The summed E-state index contributed by atoms with van der Waals surface area (Å²) in [5.41, 5.74) is 6.72. The van der Waals surface area contributed by atoms with Crippen molar-refractivity contribution in [2.24, 2.45) is 11.1 Å². The monoisotopic (exact) mass is 342 g/mol. The molecule has 0 saturated carbocycles. The lowest BCUT2D eigenvalue weighted by Gasteiger charge is -2.28. The number of amides is 1. The van der Waals surface area contributed by atoms with Crippen molar-refractivity contribution in [2.45, 2.75) is 40.2 Å². The van der Waals surface area contributed by atoms with E-state index in [1.807, 2.05) is 20.8 Å². The van der Waals surface area contributed by atoms with Crippen LogP contribution in [0.1, 0.15) is 38.0 Å². The van der Waals surface area contributed by atoms with Gasteiger partial charge >= 0.3 is 0 Å². The molecule has 6 heteroatoms. The molecular formula is C17H24ClFN2O2. The van der Waals surface area contributed by atoms with Crippen molar-refractivity contribution in [2.75, 3.05) is 6.54 Å². The van der Waals surface area contributed by atoms with Gasteiger partial charge in [-0.05, 0) is 38.0 Å². The quantitative estimate of drug-likeness (QED) is 0.841. The number of hydrogen-bond acceptors (Lipinski definition) is 3. The van der Waals surface area contributed by atoms with Gasteiger partial charge in [-0.2, -0.15) is 0 Å². The van der Waals surface area contributed by atoms with Gasteiger partial charge in [0.15, 0.2) is 0 Å². The molecule has 0 spiro atoms. The van der Waals surface area contributed by atoms with Gasteiger partial charge in [0.1, 0.15) is 17.2 Å². The Morgan fingerprint density at radius 1 is 1.35 bits per heavy atom. The largest absolute Gasteiger partial charge is 0.459 e. The van der Waals surface area contributed by atoms with E-state index in [9.17, 15) is 9.18 Å². The second-order valence-electron chi connectivity index (χ2n) is 5.66. The molecule has 0 aliphatic rings. The third kappa shape index (κ3) is 3.67. The number of aryl methyl sites for hydroxylation is 1. The van der Waals surface area contributed by atoms with Crippen LogP contribution in [0.3, 0.4) is 0 Å². The fraction of sp³-hybridized carbons (Fsp3) is 0.471. The van der Waals surface area contributed by atoms with Crippen molar-refractivity contribution in [1.82, 2.24) is 5.32 Å². The molecule has 0 saturated heterocycles. The molecule has 4 nitrogen and oxygen atoms in total. The Hall–Kier alpha value is -1.59. The lowest BCUT2D eigenvalue weighted by molar-refractivity contribution is -0.131. The Balaban J connectivity index is 0.00000264. The molecule has 1 aromatic carbocycles. The molecule has 0 unspecified atom stereocenters. The number of fused-ring (bicyclic) bond motifs is 1. The highest BCUT2D eigenvalue weighted by Crippen LogP contribution is 2.28. The first-order valence-electron chi connectivity index (χ1n) is 7.63. The number of benzene rings is 1. The molecule has 2 rings (SSSR count). The predicted octanol–water partition coefficient (Wildman–Crippen LogP) is 3.68. The van der Waals surface area contributed by atoms with Gasteiger partial charge in [-0.25, -0.2) is 4.39 Å². The molecule has 1 amide bonds. The van der Waals surface area contributed by atoms with E-state index in [0.717, 1.165) is 10.9 Å². The smallest absolute Gasteiger partial charge is 0.227 e. The van der Waals surface area contributed by atoms with E-state index in [2.05, 4.69) is 5.32 Å². The van der Waals surface area contributed by atoms with Crippen molar-refractivity contribution in [1.29, 1.82) is 0 Å². The van der Waals surface area contributed by atoms with Crippen LogP contribution in [0.5, 0.6) is 0 Å². The number of halogens is 2. The van der Waals surface area contributed by atoms with Crippen LogP contribution in [-0.4, -0.2) is 12.5 Å². The molecule has 1 aromatic heterocycles. The molecule has 3 N–H and O–H groups in total. The SMILES string of the molecule is CCC(CC)(CN)C(=O)NCc1oc2ccc(F)cc2c1C.Cl. The van der Waals surface area contributed by atoms with Crippen LogP contribution in [-0.2, 0) is 11.3 Å². The summed E-state index contributed by atoms with van der Waals surface area (Å²) < 4.78 is 19.0. The number of furan rings is 1. The summed E-state index contributed by atoms with van der Waals surface area (Å²) in [6, 6.07) is 4.41. The maximum absolute atomic E-state index is 13.3. The molecule has 0 bridgehead atoms. The lowest BCUT2D eigenvalue weighted by Crippen LogP contribution is -2.45. The normalized spacial score (nSPS) is 11.3.